The average molecular weight is 379 g/mol. The number of aliphatic hydroxyl groups excluding tert-OH is 3. The molecule has 0 amide bonds. The molecule has 0 aliphatic carbocycles. The molecule has 1 aromatic rings. The normalized spacial score (nSPS) is 28.5. The van der Waals surface area contributed by atoms with Gasteiger partial charge in [-0.05, 0) is 6.07 Å². The predicted octanol–water partition coefficient (Wildman–Crippen LogP) is -0.436. The van der Waals surface area contributed by atoms with Crippen molar-refractivity contribution in [3.8, 4) is 0 Å². The summed E-state index contributed by atoms with van der Waals surface area (Å²) in [6, 6.07) is 5.04. The second-order valence-corrected chi connectivity index (χ2v) is 5.51. The van der Waals surface area contributed by atoms with Crippen LogP contribution in [-0.4, -0.2) is 63.5 Å². The Kier molecular flexibility index (Phi) is 8.16. The Morgan fingerprint density at radius 2 is 2.00 bits per heavy atom. The number of nitrogens with zero attached hydrogens (tertiary/aromatic N) is 1. The third kappa shape index (κ3) is 5.88. The third-order valence-corrected chi connectivity index (χ3v) is 3.58. The van der Waals surface area contributed by atoms with Gasteiger partial charge in [-0.2, -0.15) is 0 Å². The largest absolute Gasteiger partial charge is 0.434 e. The highest BCUT2D eigenvalue weighted by molar-refractivity contribution is 6.32. The van der Waals surface area contributed by atoms with Crippen LogP contribution in [0, 0.1) is 10.1 Å². The molecule has 10 nitrogen and oxygen atoms in total. The Bertz CT molecular complexity index is 600. The molecule has 0 saturated carbocycles. The van der Waals surface area contributed by atoms with Crippen LogP contribution in [0.4, 0.5) is 5.69 Å². The summed E-state index contributed by atoms with van der Waals surface area (Å²) >= 11 is 5.48. The van der Waals surface area contributed by atoms with Crippen LogP contribution in [-0.2, 0) is 14.3 Å². The Labute approximate surface area is 147 Å². The molecule has 1 fully saturated rings. The Balaban J connectivity index is 0.000000271. The summed E-state index contributed by atoms with van der Waals surface area (Å²) in [5.74, 6) is -0.615. The van der Waals surface area contributed by atoms with Crippen LogP contribution in [0.15, 0.2) is 24.3 Å². The molecule has 0 radical (unpaired) electrons. The lowest BCUT2D eigenvalue weighted by molar-refractivity contribution is -0.384. The first-order valence-electron chi connectivity index (χ1n) is 7.13. The molecule has 5 atom stereocenters. The first kappa shape index (κ1) is 21.2. The zero-order valence-corrected chi connectivity index (χ0v) is 13.9. The first-order chi connectivity index (χ1) is 11.7. The van der Waals surface area contributed by atoms with Crippen molar-refractivity contribution < 1.29 is 34.5 Å². The van der Waals surface area contributed by atoms with Gasteiger partial charge in [-0.3, -0.25) is 14.9 Å². The highest BCUT2D eigenvalue weighted by Gasteiger charge is 2.43. The molecule has 2 rings (SSSR count). The van der Waals surface area contributed by atoms with Gasteiger partial charge in [0, 0.05) is 13.0 Å². The number of benzene rings is 1. The van der Waals surface area contributed by atoms with E-state index in [1.807, 2.05) is 0 Å². The number of para-hydroxylation sites is 1. The standard InChI is InChI=1S/C8H15NO6.C6H4ClNO2/c1-3(11)14-8-5(9)7(13)6(12)4(2-10)15-8;7-5-3-1-2-4-6(5)8(9)10/h4-8,10,12-13H,2,9H2,1H3;1-4H/t4-,5-,6-,7-,8?;/m1./s1. The van der Waals surface area contributed by atoms with E-state index in [-0.39, 0.29) is 10.7 Å². The maximum Gasteiger partial charge on any atom is 0.304 e. The lowest BCUT2D eigenvalue weighted by atomic mass is 9.98. The van der Waals surface area contributed by atoms with Crippen molar-refractivity contribution in [2.75, 3.05) is 6.61 Å². The van der Waals surface area contributed by atoms with Crippen LogP contribution in [0.5, 0.6) is 0 Å². The highest BCUT2D eigenvalue weighted by atomic mass is 35.5. The van der Waals surface area contributed by atoms with E-state index in [2.05, 4.69) is 4.74 Å². The molecule has 25 heavy (non-hydrogen) atoms. The van der Waals surface area contributed by atoms with Gasteiger partial charge in [-0.15, -0.1) is 0 Å². The number of ether oxygens (including phenoxy) is 2. The number of nitro benzene ring substituents is 1. The van der Waals surface area contributed by atoms with Crippen LogP contribution < -0.4 is 5.73 Å². The zero-order valence-electron chi connectivity index (χ0n) is 13.2. The zero-order chi connectivity index (χ0) is 19.1. The maximum absolute atomic E-state index is 10.7. The van der Waals surface area contributed by atoms with Gasteiger partial charge in [-0.1, -0.05) is 23.7 Å². The Hall–Kier alpha value is -1.82. The molecule has 1 aliphatic rings. The van der Waals surface area contributed by atoms with Gasteiger partial charge in [0.1, 0.15) is 23.3 Å². The monoisotopic (exact) mass is 378 g/mol. The minimum Gasteiger partial charge on any atom is -0.434 e. The average Bonchev–Trinajstić information content (AvgIpc) is 2.56. The van der Waals surface area contributed by atoms with Gasteiger partial charge in [0.2, 0.25) is 6.29 Å². The fourth-order valence-corrected chi connectivity index (χ4v) is 2.18. The van der Waals surface area contributed by atoms with E-state index in [0.717, 1.165) is 0 Å². The van der Waals surface area contributed by atoms with Gasteiger partial charge in [-0.25, -0.2) is 0 Å². The summed E-state index contributed by atoms with van der Waals surface area (Å²) in [5, 5.41) is 38.0. The van der Waals surface area contributed by atoms with Crippen molar-refractivity contribution in [3.63, 3.8) is 0 Å². The number of hydrogen-bond donors (Lipinski definition) is 4. The minimum atomic E-state index is -1.31. The molecule has 1 aliphatic heterocycles. The Morgan fingerprint density at radius 3 is 2.44 bits per heavy atom. The number of carbonyl (C=O) groups excluding carboxylic acids is 1. The summed E-state index contributed by atoms with van der Waals surface area (Å²) in [6.07, 6.45) is -4.76. The van der Waals surface area contributed by atoms with Crippen LogP contribution in [0.2, 0.25) is 5.02 Å². The maximum atomic E-state index is 10.7. The minimum absolute atomic E-state index is 0.0517. The van der Waals surface area contributed by atoms with Crippen LogP contribution in [0.3, 0.4) is 0 Å². The number of carbonyl (C=O) groups is 1. The molecule has 0 bridgehead atoms. The van der Waals surface area contributed by atoms with Crippen LogP contribution >= 0.6 is 11.6 Å². The van der Waals surface area contributed by atoms with Gasteiger partial charge < -0.3 is 30.5 Å². The number of aliphatic hydroxyl groups is 3. The number of esters is 1. The first-order valence-corrected chi connectivity index (χ1v) is 7.51. The fraction of sp³-hybridized carbons (Fsp3) is 0.500. The van der Waals surface area contributed by atoms with E-state index >= 15 is 0 Å². The lowest BCUT2D eigenvalue weighted by Gasteiger charge is -2.39. The van der Waals surface area contributed by atoms with Gasteiger partial charge in [0.25, 0.3) is 5.69 Å². The van der Waals surface area contributed by atoms with E-state index < -0.39 is 48.1 Å². The van der Waals surface area contributed by atoms with Gasteiger partial charge in [0.15, 0.2) is 0 Å². The molecule has 0 spiro atoms. The lowest BCUT2D eigenvalue weighted by Crippen LogP contribution is -2.62. The molecule has 1 aromatic carbocycles. The molecule has 0 aromatic heterocycles. The van der Waals surface area contributed by atoms with E-state index in [1.165, 1.54) is 19.1 Å². The smallest absolute Gasteiger partial charge is 0.304 e. The van der Waals surface area contributed by atoms with Crippen molar-refractivity contribution >= 4 is 23.3 Å². The van der Waals surface area contributed by atoms with Crippen molar-refractivity contribution in [3.05, 3.63) is 39.4 Å². The van der Waals surface area contributed by atoms with E-state index in [9.17, 15) is 25.1 Å². The second kappa shape index (κ2) is 9.61. The van der Waals surface area contributed by atoms with E-state index in [4.69, 9.17) is 27.2 Å². The van der Waals surface area contributed by atoms with Crippen molar-refractivity contribution in [1.82, 2.24) is 0 Å². The molecular formula is C14H19ClN2O8. The van der Waals surface area contributed by atoms with Crippen LogP contribution in [0.25, 0.3) is 0 Å². The summed E-state index contributed by atoms with van der Waals surface area (Å²) in [4.78, 5) is 20.3. The van der Waals surface area contributed by atoms with E-state index in [0.29, 0.717) is 0 Å². The topological polar surface area (TPSA) is 165 Å². The van der Waals surface area contributed by atoms with E-state index in [1.54, 1.807) is 12.1 Å². The second-order valence-electron chi connectivity index (χ2n) is 5.10. The molecule has 5 N–H and O–H groups in total. The number of nitrogens with two attached hydrogens (primary N) is 1. The summed E-state index contributed by atoms with van der Waals surface area (Å²) < 4.78 is 9.70. The summed E-state index contributed by atoms with van der Waals surface area (Å²) in [5.41, 5.74) is 5.43. The SMILES string of the molecule is CC(=O)OC1O[C@H](CO)[C@@H](O)[C@H](O)[C@H]1N.O=[N+]([O-])c1ccccc1Cl. The molecular weight excluding hydrogens is 360 g/mol. The molecule has 11 heteroatoms. The number of hydrogen-bond acceptors (Lipinski definition) is 9. The molecule has 1 unspecified atom stereocenters. The Morgan fingerprint density at radius 1 is 1.40 bits per heavy atom. The fourth-order valence-electron chi connectivity index (χ4n) is 1.97. The predicted molar refractivity (Wildman–Crippen MR) is 85.6 cm³/mol. The number of rotatable bonds is 3. The molecule has 140 valence electrons. The number of nitro groups is 1. The molecule has 1 heterocycles. The summed E-state index contributed by atoms with van der Waals surface area (Å²) in [7, 11) is 0. The van der Waals surface area contributed by atoms with Crippen LogP contribution in [0.1, 0.15) is 6.92 Å². The molecule has 1 saturated heterocycles. The van der Waals surface area contributed by atoms with Gasteiger partial charge >= 0.3 is 5.97 Å². The number of halogens is 1. The third-order valence-electron chi connectivity index (χ3n) is 3.26. The summed E-state index contributed by atoms with van der Waals surface area (Å²) in [6.45, 7) is 0.671. The quantitative estimate of drug-likeness (QED) is 0.310. The van der Waals surface area contributed by atoms with Crippen molar-refractivity contribution in [2.24, 2.45) is 5.73 Å². The van der Waals surface area contributed by atoms with Crippen molar-refractivity contribution in [1.29, 1.82) is 0 Å². The highest BCUT2D eigenvalue weighted by Crippen LogP contribution is 2.22. The van der Waals surface area contributed by atoms with Gasteiger partial charge in [0.05, 0.1) is 17.6 Å². The van der Waals surface area contributed by atoms with Crippen molar-refractivity contribution in [2.45, 2.75) is 37.6 Å².